The van der Waals surface area contributed by atoms with Gasteiger partial charge in [0.05, 0.1) is 30.7 Å². The number of nitrogens with zero attached hydrogens (tertiary/aromatic N) is 1. The van der Waals surface area contributed by atoms with Crippen molar-refractivity contribution in [3.05, 3.63) is 76.6 Å². The van der Waals surface area contributed by atoms with Gasteiger partial charge in [0.15, 0.2) is 0 Å². The van der Waals surface area contributed by atoms with Gasteiger partial charge < -0.3 is 20.9 Å². The monoisotopic (exact) mass is 447 g/mol. The number of aliphatic hydroxyl groups is 1. The van der Waals surface area contributed by atoms with Crippen LogP contribution in [0.4, 0.5) is 5.69 Å². The molecule has 1 aromatic heterocycles. The van der Waals surface area contributed by atoms with E-state index in [-0.39, 0.29) is 17.9 Å². The van der Waals surface area contributed by atoms with E-state index < -0.39 is 6.10 Å². The summed E-state index contributed by atoms with van der Waals surface area (Å²) >= 11 is 0. The number of nitrogens with one attached hydrogen (secondary N) is 1. The van der Waals surface area contributed by atoms with Gasteiger partial charge in [-0.15, -0.1) is 0 Å². The number of methoxy groups -OCH3 is 1. The average Bonchev–Trinajstić information content (AvgIpc) is 2.78. The number of aliphatic hydroxyl groups excluding tert-OH is 1. The number of nitrogens with two attached hydrogens (primary N) is 1. The normalized spacial score (nSPS) is 12.4. The van der Waals surface area contributed by atoms with Crippen LogP contribution >= 0.6 is 0 Å². The van der Waals surface area contributed by atoms with E-state index in [1.54, 1.807) is 20.2 Å². The second kappa shape index (κ2) is 9.73. The Balaban J connectivity index is 1.97. The zero-order valence-electron chi connectivity index (χ0n) is 20.2. The minimum Gasteiger partial charge on any atom is -0.496 e. The second-order valence-corrected chi connectivity index (χ2v) is 9.28. The molecule has 1 unspecified atom stereocenters. The first-order chi connectivity index (χ1) is 15.5. The highest BCUT2D eigenvalue weighted by atomic mass is 16.5. The first kappa shape index (κ1) is 24.4. The van der Waals surface area contributed by atoms with Gasteiger partial charge in [0.25, 0.3) is 5.91 Å². The standard InChI is InChI=1S/C27H33N3O3/c1-16-23(19-9-7-18(8-10-19)17(2)31)13-22(15-29-16)30-26(32)24-12-21(27(3,4)5)11-20(14-28)25(24)33-6/h7-13,15,17,31H,14,28H2,1-6H3,(H,30,32). The Labute approximate surface area is 195 Å². The van der Waals surface area contributed by atoms with Crippen LogP contribution in [0.25, 0.3) is 11.1 Å². The molecule has 1 heterocycles. The second-order valence-electron chi connectivity index (χ2n) is 9.28. The summed E-state index contributed by atoms with van der Waals surface area (Å²) in [5.41, 5.74) is 12.2. The van der Waals surface area contributed by atoms with E-state index in [0.717, 1.165) is 33.5 Å². The molecule has 1 atom stereocenters. The predicted octanol–water partition coefficient (Wildman–Crippen LogP) is 5.13. The Morgan fingerprint density at radius 1 is 1.18 bits per heavy atom. The average molecular weight is 448 g/mol. The van der Waals surface area contributed by atoms with Crippen molar-refractivity contribution < 1.29 is 14.6 Å². The third-order valence-electron chi connectivity index (χ3n) is 5.75. The van der Waals surface area contributed by atoms with Crippen LogP contribution < -0.4 is 15.8 Å². The van der Waals surface area contributed by atoms with E-state index in [1.165, 1.54) is 0 Å². The fourth-order valence-corrected chi connectivity index (χ4v) is 3.72. The molecule has 0 aliphatic rings. The molecule has 0 saturated carbocycles. The molecule has 0 radical (unpaired) electrons. The maximum absolute atomic E-state index is 13.3. The zero-order valence-corrected chi connectivity index (χ0v) is 20.2. The number of pyridine rings is 1. The fourth-order valence-electron chi connectivity index (χ4n) is 3.72. The summed E-state index contributed by atoms with van der Waals surface area (Å²) in [4.78, 5) is 17.8. The zero-order chi connectivity index (χ0) is 24.3. The number of aryl methyl sites for hydroxylation is 1. The van der Waals surface area contributed by atoms with Gasteiger partial charge in [-0.2, -0.15) is 0 Å². The summed E-state index contributed by atoms with van der Waals surface area (Å²) < 4.78 is 5.56. The van der Waals surface area contributed by atoms with Crippen molar-refractivity contribution in [3.8, 4) is 16.9 Å². The highest BCUT2D eigenvalue weighted by molar-refractivity contribution is 6.07. The van der Waals surface area contributed by atoms with Crippen LogP contribution in [0, 0.1) is 6.92 Å². The molecule has 4 N–H and O–H groups in total. The van der Waals surface area contributed by atoms with Crippen LogP contribution in [0.2, 0.25) is 0 Å². The van der Waals surface area contributed by atoms with E-state index in [1.807, 2.05) is 49.4 Å². The summed E-state index contributed by atoms with van der Waals surface area (Å²) in [6.45, 7) is 10.2. The van der Waals surface area contributed by atoms with Crippen molar-refractivity contribution >= 4 is 11.6 Å². The lowest BCUT2D eigenvalue weighted by molar-refractivity contribution is 0.102. The number of anilines is 1. The quantitative estimate of drug-likeness (QED) is 0.487. The largest absolute Gasteiger partial charge is 0.496 e. The van der Waals surface area contributed by atoms with E-state index in [2.05, 4.69) is 31.1 Å². The van der Waals surface area contributed by atoms with Gasteiger partial charge in [0, 0.05) is 23.4 Å². The molecule has 0 saturated heterocycles. The number of ether oxygens (including phenoxy) is 1. The minimum atomic E-state index is -0.527. The lowest BCUT2D eigenvalue weighted by Gasteiger charge is -2.23. The summed E-state index contributed by atoms with van der Waals surface area (Å²) in [7, 11) is 1.55. The molecule has 6 nitrogen and oxygen atoms in total. The summed E-state index contributed by atoms with van der Waals surface area (Å²) in [6.07, 6.45) is 1.12. The summed E-state index contributed by atoms with van der Waals surface area (Å²) in [5.74, 6) is 0.200. The number of hydrogen-bond acceptors (Lipinski definition) is 5. The van der Waals surface area contributed by atoms with Crippen molar-refractivity contribution in [1.82, 2.24) is 4.98 Å². The lowest BCUT2D eigenvalue weighted by atomic mass is 9.84. The molecular formula is C27H33N3O3. The van der Waals surface area contributed by atoms with Gasteiger partial charge in [0.2, 0.25) is 0 Å². The fraction of sp³-hybridized carbons (Fsp3) is 0.333. The molecule has 0 bridgehead atoms. The van der Waals surface area contributed by atoms with Crippen LogP contribution in [0.5, 0.6) is 5.75 Å². The van der Waals surface area contributed by atoms with E-state index in [9.17, 15) is 9.90 Å². The minimum absolute atomic E-state index is 0.151. The number of amides is 1. The van der Waals surface area contributed by atoms with Gasteiger partial charge in [0.1, 0.15) is 5.75 Å². The first-order valence-electron chi connectivity index (χ1n) is 11.0. The number of carbonyl (C=O) groups is 1. The van der Waals surface area contributed by atoms with Crippen molar-refractivity contribution in [2.24, 2.45) is 5.73 Å². The highest BCUT2D eigenvalue weighted by Gasteiger charge is 2.23. The van der Waals surface area contributed by atoms with Crippen LogP contribution in [-0.2, 0) is 12.0 Å². The Morgan fingerprint density at radius 2 is 1.85 bits per heavy atom. The molecule has 0 fully saturated rings. The molecule has 6 heteroatoms. The number of carbonyl (C=O) groups excluding carboxylic acids is 1. The molecule has 1 amide bonds. The molecule has 2 aromatic carbocycles. The van der Waals surface area contributed by atoms with Crippen molar-refractivity contribution in [3.63, 3.8) is 0 Å². The van der Waals surface area contributed by atoms with Crippen molar-refractivity contribution in [1.29, 1.82) is 0 Å². The van der Waals surface area contributed by atoms with E-state index >= 15 is 0 Å². The molecule has 33 heavy (non-hydrogen) atoms. The molecule has 3 aromatic rings. The molecule has 0 spiro atoms. The third kappa shape index (κ3) is 5.41. The van der Waals surface area contributed by atoms with Crippen LogP contribution in [0.15, 0.2) is 48.7 Å². The number of benzene rings is 2. The van der Waals surface area contributed by atoms with Gasteiger partial charge in [-0.25, -0.2) is 0 Å². The van der Waals surface area contributed by atoms with E-state index in [4.69, 9.17) is 10.5 Å². The first-order valence-corrected chi connectivity index (χ1v) is 11.0. The Hall–Kier alpha value is -3.22. The third-order valence-corrected chi connectivity index (χ3v) is 5.75. The number of aromatic nitrogens is 1. The highest BCUT2D eigenvalue weighted by Crippen LogP contribution is 2.33. The molecule has 3 rings (SSSR count). The summed E-state index contributed by atoms with van der Waals surface area (Å²) in [5, 5.41) is 12.7. The molecular weight excluding hydrogens is 414 g/mol. The SMILES string of the molecule is COc1c(CN)cc(C(C)(C)C)cc1C(=O)Nc1cnc(C)c(-c2ccc(C(C)O)cc2)c1. The Bertz CT molecular complexity index is 1150. The summed E-state index contributed by atoms with van der Waals surface area (Å²) in [6, 6.07) is 13.4. The smallest absolute Gasteiger partial charge is 0.259 e. The number of rotatable bonds is 6. The van der Waals surface area contributed by atoms with Crippen LogP contribution in [0.1, 0.15) is 66.5 Å². The Morgan fingerprint density at radius 3 is 2.39 bits per heavy atom. The van der Waals surface area contributed by atoms with Crippen molar-refractivity contribution in [2.45, 2.75) is 52.7 Å². The lowest BCUT2D eigenvalue weighted by Crippen LogP contribution is -2.19. The van der Waals surface area contributed by atoms with E-state index in [0.29, 0.717) is 17.0 Å². The maximum Gasteiger partial charge on any atom is 0.259 e. The molecule has 0 aliphatic carbocycles. The van der Waals surface area contributed by atoms with Gasteiger partial charge >= 0.3 is 0 Å². The van der Waals surface area contributed by atoms with Gasteiger partial charge in [-0.05, 0) is 48.1 Å². The van der Waals surface area contributed by atoms with Crippen molar-refractivity contribution in [2.75, 3.05) is 12.4 Å². The van der Waals surface area contributed by atoms with Gasteiger partial charge in [-0.3, -0.25) is 9.78 Å². The topological polar surface area (TPSA) is 97.5 Å². The van der Waals surface area contributed by atoms with Crippen LogP contribution in [-0.4, -0.2) is 23.1 Å². The number of hydrogen-bond donors (Lipinski definition) is 3. The Kier molecular flexibility index (Phi) is 7.20. The predicted molar refractivity (Wildman–Crippen MR) is 133 cm³/mol. The molecule has 0 aliphatic heterocycles. The maximum atomic E-state index is 13.3. The molecule has 174 valence electrons. The van der Waals surface area contributed by atoms with Gasteiger partial charge in [-0.1, -0.05) is 51.1 Å². The van der Waals surface area contributed by atoms with Crippen LogP contribution in [0.3, 0.4) is 0 Å².